The molecule has 0 aromatic rings. The first kappa shape index (κ1) is 15.7. The topological polar surface area (TPSA) is 36.4 Å². The van der Waals surface area contributed by atoms with E-state index in [0.29, 0.717) is 5.41 Å². The average molecular weight is 337 g/mol. The molecule has 0 aromatic carbocycles. The van der Waals surface area contributed by atoms with Crippen LogP contribution in [0.15, 0.2) is 17.6 Å². The van der Waals surface area contributed by atoms with Crippen molar-refractivity contribution in [1.82, 2.24) is 10.6 Å². The molecule has 2 N–H and O–H groups in total. The van der Waals surface area contributed by atoms with E-state index in [4.69, 9.17) is 0 Å². The van der Waals surface area contributed by atoms with Gasteiger partial charge in [-0.2, -0.15) is 0 Å². The van der Waals surface area contributed by atoms with E-state index in [0.717, 1.165) is 31.5 Å². The molecule has 4 heteroatoms. The minimum atomic E-state index is 0. The number of nitrogens with zero attached hydrogens (tertiary/aromatic N) is 1. The summed E-state index contributed by atoms with van der Waals surface area (Å²) in [5.41, 5.74) is 0.513. The lowest BCUT2D eigenvalue weighted by molar-refractivity contribution is 0.564. The Hall–Kier alpha value is -0.260. The van der Waals surface area contributed by atoms with Crippen molar-refractivity contribution in [2.75, 3.05) is 19.6 Å². The Morgan fingerprint density at radius 1 is 1.50 bits per heavy atom. The summed E-state index contributed by atoms with van der Waals surface area (Å²) in [7, 11) is 0. The van der Waals surface area contributed by atoms with Crippen LogP contribution in [0, 0.1) is 11.3 Å². The summed E-state index contributed by atoms with van der Waals surface area (Å²) in [5, 5.41) is 6.42. The Morgan fingerprint density at radius 3 is 2.56 bits per heavy atom. The van der Waals surface area contributed by atoms with Crippen LogP contribution in [0.25, 0.3) is 0 Å². The van der Waals surface area contributed by atoms with Crippen LogP contribution in [0.4, 0.5) is 0 Å². The summed E-state index contributed by atoms with van der Waals surface area (Å²) in [6, 6.07) is 0. The van der Waals surface area contributed by atoms with E-state index in [1.807, 2.05) is 6.08 Å². The highest BCUT2D eigenvalue weighted by Crippen LogP contribution is 2.51. The summed E-state index contributed by atoms with van der Waals surface area (Å²) in [6.07, 6.45) is 3.14. The van der Waals surface area contributed by atoms with Crippen molar-refractivity contribution in [3.63, 3.8) is 0 Å². The monoisotopic (exact) mass is 337 g/mol. The van der Waals surface area contributed by atoms with E-state index in [9.17, 15) is 0 Å². The lowest BCUT2D eigenvalue weighted by Crippen LogP contribution is -2.37. The minimum absolute atomic E-state index is 0. The van der Waals surface area contributed by atoms with Gasteiger partial charge in [0.15, 0.2) is 5.96 Å². The molecule has 0 spiro atoms. The maximum absolute atomic E-state index is 4.56. The number of aliphatic imine (C=N–C) groups is 1. The van der Waals surface area contributed by atoms with Crippen molar-refractivity contribution < 1.29 is 0 Å². The van der Waals surface area contributed by atoms with Crippen LogP contribution >= 0.6 is 24.0 Å². The molecule has 0 bridgehead atoms. The van der Waals surface area contributed by atoms with Crippen molar-refractivity contribution in [3.8, 4) is 0 Å². The second-order valence-electron chi connectivity index (χ2n) is 4.78. The first-order chi connectivity index (χ1) is 7.10. The van der Waals surface area contributed by atoms with Gasteiger partial charge in [-0.25, -0.2) is 0 Å². The van der Waals surface area contributed by atoms with Crippen molar-refractivity contribution >= 4 is 29.9 Å². The molecule has 1 atom stereocenters. The molecule has 0 aliphatic heterocycles. The van der Waals surface area contributed by atoms with Gasteiger partial charge in [-0.3, -0.25) is 4.99 Å². The fourth-order valence-corrected chi connectivity index (χ4v) is 1.60. The van der Waals surface area contributed by atoms with Crippen molar-refractivity contribution in [2.24, 2.45) is 16.3 Å². The Morgan fingerprint density at radius 2 is 2.12 bits per heavy atom. The molecule has 1 rings (SSSR count). The van der Waals surface area contributed by atoms with Gasteiger partial charge in [-0.05, 0) is 24.7 Å². The van der Waals surface area contributed by atoms with Gasteiger partial charge in [0.1, 0.15) is 0 Å². The molecule has 0 amide bonds. The summed E-state index contributed by atoms with van der Waals surface area (Å²) in [4.78, 5) is 4.56. The molecule has 1 aliphatic carbocycles. The van der Waals surface area contributed by atoms with E-state index < -0.39 is 0 Å². The maximum atomic E-state index is 4.56. The van der Waals surface area contributed by atoms with Crippen LogP contribution < -0.4 is 10.6 Å². The predicted octanol–water partition coefficient (Wildman–Crippen LogP) is 2.39. The number of halogens is 1. The SMILES string of the molecule is C=CCNC(=NCC1CC1(C)C)NCC.I. The van der Waals surface area contributed by atoms with E-state index in [1.54, 1.807) is 0 Å². The first-order valence-electron chi connectivity index (χ1n) is 5.73. The Balaban J connectivity index is 0.00000225. The molecular weight excluding hydrogens is 313 g/mol. The number of rotatable bonds is 5. The molecule has 1 aliphatic rings. The quantitative estimate of drug-likeness (QED) is 0.350. The lowest BCUT2D eigenvalue weighted by atomic mass is 10.1. The highest BCUT2D eigenvalue weighted by atomic mass is 127. The van der Waals surface area contributed by atoms with Gasteiger partial charge in [-0.15, -0.1) is 30.6 Å². The van der Waals surface area contributed by atoms with Gasteiger partial charge in [-0.1, -0.05) is 19.9 Å². The predicted molar refractivity (Wildman–Crippen MR) is 81.5 cm³/mol. The van der Waals surface area contributed by atoms with Gasteiger partial charge in [0.25, 0.3) is 0 Å². The third-order valence-electron chi connectivity index (χ3n) is 2.95. The number of guanidine groups is 1. The average Bonchev–Trinajstić information content (AvgIpc) is 2.79. The number of hydrogen-bond acceptors (Lipinski definition) is 1. The number of hydrogen-bond donors (Lipinski definition) is 2. The van der Waals surface area contributed by atoms with Crippen LogP contribution in [0.1, 0.15) is 27.2 Å². The Bertz CT molecular complexity index is 249. The van der Waals surface area contributed by atoms with Gasteiger partial charge in [0.05, 0.1) is 0 Å². The van der Waals surface area contributed by atoms with Gasteiger partial charge in [0.2, 0.25) is 0 Å². The summed E-state index contributed by atoms with van der Waals surface area (Å²) < 4.78 is 0. The van der Waals surface area contributed by atoms with E-state index in [-0.39, 0.29) is 24.0 Å². The minimum Gasteiger partial charge on any atom is -0.357 e. The summed E-state index contributed by atoms with van der Waals surface area (Å²) >= 11 is 0. The van der Waals surface area contributed by atoms with E-state index >= 15 is 0 Å². The van der Waals surface area contributed by atoms with Crippen LogP contribution in [0.2, 0.25) is 0 Å². The smallest absolute Gasteiger partial charge is 0.191 e. The van der Waals surface area contributed by atoms with E-state index in [1.165, 1.54) is 6.42 Å². The largest absolute Gasteiger partial charge is 0.357 e. The Labute approximate surface area is 116 Å². The van der Waals surface area contributed by atoms with Crippen molar-refractivity contribution in [3.05, 3.63) is 12.7 Å². The molecule has 1 fully saturated rings. The first-order valence-corrected chi connectivity index (χ1v) is 5.73. The Kier molecular flexibility index (Phi) is 7.03. The standard InChI is InChI=1S/C12H23N3.HI/c1-5-7-14-11(13-6-2)15-9-10-8-12(10,3)4;/h5,10H,1,6-9H2,2-4H3,(H2,13,14,15);1H. The summed E-state index contributed by atoms with van der Waals surface area (Å²) in [5.74, 6) is 1.66. The fraction of sp³-hybridized carbons (Fsp3) is 0.750. The fourth-order valence-electron chi connectivity index (χ4n) is 1.60. The molecule has 94 valence electrons. The number of nitrogens with one attached hydrogen (secondary N) is 2. The third kappa shape index (κ3) is 5.18. The van der Waals surface area contributed by atoms with Gasteiger partial charge in [0, 0.05) is 19.6 Å². The van der Waals surface area contributed by atoms with Crippen LogP contribution in [0.3, 0.4) is 0 Å². The second-order valence-corrected chi connectivity index (χ2v) is 4.78. The molecule has 0 saturated heterocycles. The molecular formula is C12H24IN3. The van der Waals surface area contributed by atoms with Gasteiger partial charge < -0.3 is 10.6 Å². The van der Waals surface area contributed by atoms with E-state index in [2.05, 4.69) is 43.0 Å². The zero-order chi connectivity index (χ0) is 11.3. The highest BCUT2D eigenvalue weighted by molar-refractivity contribution is 14.0. The zero-order valence-electron chi connectivity index (χ0n) is 10.5. The molecule has 0 aromatic heterocycles. The zero-order valence-corrected chi connectivity index (χ0v) is 12.9. The lowest BCUT2D eigenvalue weighted by Gasteiger charge is -2.09. The molecule has 3 nitrogen and oxygen atoms in total. The molecule has 1 saturated carbocycles. The van der Waals surface area contributed by atoms with Crippen molar-refractivity contribution in [1.29, 1.82) is 0 Å². The third-order valence-corrected chi connectivity index (χ3v) is 2.95. The van der Waals surface area contributed by atoms with Crippen LogP contribution in [0.5, 0.6) is 0 Å². The maximum Gasteiger partial charge on any atom is 0.191 e. The van der Waals surface area contributed by atoms with Crippen LogP contribution in [-0.2, 0) is 0 Å². The highest BCUT2D eigenvalue weighted by Gasteiger charge is 2.45. The summed E-state index contributed by atoms with van der Waals surface area (Å²) in [6.45, 7) is 13.0. The normalized spacial score (nSPS) is 21.9. The van der Waals surface area contributed by atoms with Gasteiger partial charge >= 0.3 is 0 Å². The second kappa shape index (κ2) is 7.14. The molecule has 0 heterocycles. The molecule has 1 unspecified atom stereocenters. The van der Waals surface area contributed by atoms with Crippen LogP contribution in [-0.4, -0.2) is 25.6 Å². The molecule has 0 radical (unpaired) electrons. The molecule has 16 heavy (non-hydrogen) atoms. The van der Waals surface area contributed by atoms with Crippen molar-refractivity contribution in [2.45, 2.75) is 27.2 Å².